The maximum atomic E-state index is 11.8. The number of nitrogens with one attached hydrogen (secondary N) is 1. The van der Waals surface area contributed by atoms with Gasteiger partial charge in [0.25, 0.3) is 5.91 Å². The number of amides is 1. The third kappa shape index (κ3) is 3.40. The van der Waals surface area contributed by atoms with Crippen molar-refractivity contribution in [3.05, 3.63) is 23.2 Å². The summed E-state index contributed by atoms with van der Waals surface area (Å²) in [5.74, 6) is -0.213. The van der Waals surface area contributed by atoms with Crippen molar-refractivity contribution >= 4 is 17.5 Å². The van der Waals surface area contributed by atoms with Crippen LogP contribution in [0.5, 0.6) is 0 Å². The molecule has 1 aromatic heterocycles. The van der Waals surface area contributed by atoms with Gasteiger partial charge in [-0.05, 0) is 26.8 Å². The molecule has 98 valence electrons. The van der Waals surface area contributed by atoms with Crippen molar-refractivity contribution in [3.63, 3.8) is 0 Å². The molecule has 0 bridgehead atoms. The predicted octanol–water partition coefficient (Wildman–Crippen LogP) is 1.34. The van der Waals surface area contributed by atoms with E-state index >= 15 is 0 Å². The fourth-order valence-corrected chi connectivity index (χ4v) is 1.84. The Hall–Kier alpha value is -1.20. The summed E-state index contributed by atoms with van der Waals surface area (Å²) >= 11 is 5.62. The Labute approximate surface area is 112 Å². The van der Waals surface area contributed by atoms with E-state index in [4.69, 9.17) is 11.6 Å². The molecule has 0 aliphatic heterocycles. The first-order valence-corrected chi connectivity index (χ1v) is 6.43. The lowest BCUT2D eigenvalue weighted by atomic mass is 10.3. The van der Waals surface area contributed by atoms with Gasteiger partial charge in [0, 0.05) is 18.6 Å². The lowest BCUT2D eigenvalue weighted by molar-refractivity contribution is 0.0934. The average molecular weight is 269 g/mol. The van der Waals surface area contributed by atoms with Crippen molar-refractivity contribution in [2.24, 2.45) is 0 Å². The maximum absolute atomic E-state index is 11.8. The Bertz CT molecular complexity index is 419. The van der Waals surface area contributed by atoms with Crippen molar-refractivity contribution in [2.45, 2.75) is 31.8 Å². The minimum atomic E-state index is -0.213. The number of aromatic nitrogens is 2. The van der Waals surface area contributed by atoms with E-state index in [1.54, 1.807) is 0 Å². The van der Waals surface area contributed by atoms with Crippen LogP contribution in [0.2, 0.25) is 5.15 Å². The van der Waals surface area contributed by atoms with Crippen molar-refractivity contribution in [3.8, 4) is 0 Å². The number of carbonyl (C=O) groups is 1. The molecule has 1 saturated carbocycles. The largest absolute Gasteiger partial charge is 0.349 e. The summed E-state index contributed by atoms with van der Waals surface area (Å²) in [6.45, 7) is 2.71. The zero-order valence-corrected chi connectivity index (χ0v) is 11.3. The number of likely N-dealkylation sites (N-methyl/N-ethyl adjacent to an activating group) is 1. The lowest BCUT2D eigenvalue weighted by Gasteiger charge is -2.24. The third-order valence-electron chi connectivity index (χ3n) is 3.23. The molecule has 1 unspecified atom stereocenters. The zero-order valence-electron chi connectivity index (χ0n) is 10.6. The highest BCUT2D eigenvalue weighted by molar-refractivity contribution is 6.29. The molecule has 0 radical (unpaired) electrons. The molecule has 1 aliphatic rings. The number of rotatable bonds is 5. The van der Waals surface area contributed by atoms with Gasteiger partial charge in [-0.2, -0.15) is 0 Å². The molecule has 0 aromatic carbocycles. The fourth-order valence-electron chi connectivity index (χ4n) is 1.75. The van der Waals surface area contributed by atoms with Gasteiger partial charge in [-0.15, -0.1) is 0 Å². The van der Waals surface area contributed by atoms with Gasteiger partial charge >= 0.3 is 0 Å². The summed E-state index contributed by atoms with van der Waals surface area (Å²) in [4.78, 5) is 21.9. The van der Waals surface area contributed by atoms with Gasteiger partial charge in [-0.25, -0.2) is 9.97 Å². The highest BCUT2D eigenvalue weighted by Gasteiger charge is 2.29. The second-order valence-electron chi connectivity index (χ2n) is 4.68. The number of hydrogen-bond donors (Lipinski definition) is 1. The number of carbonyl (C=O) groups excluding carboxylic acids is 1. The summed E-state index contributed by atoms with van der Waals surface area (Å²) in [6, 6.07) is 1.01. The van der Waals surface area contributed by atoms with Crippen LogP contribution < -0.4 is 5.32 Å². The number of nitrogens with zero attached hydrogens (tertiary/aromatic N) is 3. The molecule has 2 rings (SSSR count). The van der Waals surface area contributed by atoms with Gasteiger partial charge in [0.1, 0.15) is 10.8 Å². The summed E-state index contributed by atoms with van der Waals surface area (Å²) < 4.78 is 0. The van der Waals surface area contributed by atoms with E-state index in [2.05, 4.69) is 34.2 Å². The summed E-state index contributed by atoms with van der Waals surface area (Å²) in [6.07, 6.45) is 5.28. The Balaban J connectivity index is 1.82. The van der Waals surface area contributed by atoms with Crippen LogP contribution in [0.15, 0.2) is 12.4 Å². The standard InChI is InChI=1S/C12H17ClN4O/c1-8(17(2)9-3-4-9)5-16-12(18)10-6-15-11(13)7-14-10/h6-9H,3-5H2,1-2H3,(H,16,18). The van der Waals surface area contributed by atoms with Crippen LogP contribution in [0.25, 0.3) is 0 Å². The first-order valence-electron chi connectivity index (χ1n) is 6.05. The van der Waals surface area contributed by atoms with Gasteiger partial charge in [0.15, 0.2) is 0 Å². The molecule has 1 aromatic rings. The van der Waals surface area contributed by atoms with Gasteiger partial charge < -0.3 is 5.32 Å². The van der Waals surface area contributed by atoms with E-state index in [1.807, 2.05) is 0 Å². The topological polar surface area (TPSA) is 58.1 Å². The van der Waals surface area contributed by atoms with Crippen LogP contribution in [-0.4, -0.2) is 46.5 Å². The Morgan fingerprint density at radius 2 is 2.28 bits per heavy atom. The monoisotopic (exact) mass is 268 g/mol. The quantitative estimate of drug-likeness (QED) is 0.876. The van der Waals surface area contributed by atoms with Crippen molar-refractivity contribution < 1.29 is 4.79 Å². The molecule has 1 N–H and O–H groups in total. The maximum Gasteiger partial charge on any atom is 0.271 e. The number of hydrogen-bond acceptors (Lipinski definition) is 4. The first kappa shape index (κ1) is 13.2. The normalized spacial score (nSPS) is 16.7. The number of halogens is 1. The van der Waals surface area contributed by atoms with E-state index < -0.39 is 0 Å². The fraction of sp³-hybridized carbons (Fsp3) is 0.583. The van der Waals surface area contributed by atoms with Gasteiger partial charge in [-0.3, -0.25) is 9.69 Å². The van der Waals surface area contributed by atoms with Crippen molar-refractivity contribution in [1.29, 1.82) is 0 Å². The van der Waals surface area contributed by atoms with E-state index in [0.717, 1.165) is 0 Å². The minimum Gasteiger partial charge on any atom is -0.349 e. The van der Waals surface area contributed by atoms with Crippen LogP contribution in [0, 0.1) is 0 Å². The summed E-state index contributed by atoms with van der Waals surface area (Å²) in [7, 11) is 2.09. The molecule has 1 aliphatic carbocycles. The van der Waals surface area contributed by atoms with Gasteiger partial charge in [-0.1, -0.05) is 11.6 Å². The van der Waals surface area contributed by atoms with E-state index in [-0.39, 0.29) is 11.1 Å². The Kier molecular flexibility index (Phi) is 4.14. The highest BCUT2D eigenvalue weighted by atomic mass is 35.5. The molecule has 0 saturated heterocycles. The van der Waals surface area contributed by atoms with Crippen LogP contribution in [0.1, 0.15) is 30.3 Å². The molecule has 5 nitrogen and oxygen atoms in total. The van der Waals surface area contributed by atoms with Crippen molar-refractivity contribution in [1.82, 2.24) is 20.2 Å². The highest BCUT2D eigenvalue weighted by Crippen LogP contribution is 2.26. The molecular formula is C12H17ClN4O. The minimum absolute atomic E-state index is 0.213. The average Bonchev–Trinajstić information content (AvgIpc) is 3.19. The second kappa shape index (κ2) is 5.63. The smallest absolute Gasteiger partial charge is 0.271 e. The third-order valence-corrected chi connectivity index (χ3v) is 3.42. The SMILES string of the molecule is CC(CNC(=O)c1cnc(Cl)cn1)N(C)C1CC1. The summed E-state index contributed by atoms with van der Waals surface area (Å²) in [5.41, 5.74) is 0.292. The van der Waals surface area contributed by atoms with Crippen LogP contribution >= 0.6 is 11.6 Å². The Morgan fingerprint density at radius 1 is 1.56 bits per heavy atom. The lowest BCUT2D eigenvalue weighted by Crippen LogP contribution is -2.41. The predicted molar refractivity (Wildman–Crippen MR) is 69.6 cm³/mol. The van der Waals surface area contributed by atoms with E-state index in [0.29, 0.717) is 24.3 Å². The Morgan fingerprint density at radius 3 is 2.83 bits per heavy atom. The van der Waals surface area contributed by atoms with Gasteiger partial charge in [0.2, 0.25) is 0 Å². The van der Waals surface area contributed by atoms with E-state index in [9.17, 15) is 4.79 Å². The molecule has 1 fully saturated rings. The molecule has 1 amide bonds. The summed E-state index contributed by atoms with van der Waals surface area (Å²) in [5, 5.41) is 3.14. The van der Waals surface area contributed by atoms with Crippen LogP contribution in [0.4, 0.5) is 0 Å². The molecular weight excluding hydrogens is 252 g/mol. The molecule has 0 spiro atoms. The van der Waals surface area contributed by atoms with Gasteiger partial charge in [0.05, 0.1) is 12.4 Å². The first-order chi connectivity index (χ1) is 8.58. The molecule has 6 heteroatoms. The molecule has 1 atom stereocenters. The molecule has 18 heavy (non-hydrogen) atoms. The van der Waals surface area contributed by atoms with Crippen molar-refractivity contribution in [2.75, 3.05) is 13.6 Å². The van der Waals surface area contributed by atoms with Crippen LogP contribution in [0.3, 0.4) is 0 Å². The van der Waals surface area contributed by atoms with E-state index in [1.165, 1.54) is 25.2 Å². The molecule has 1 heterocycles. The van der Waals surface area contributed by atoms with Crippen LogP contribution in [-0.2, 0) is 0 Å². The second-order valence-corrected chi connectivity index (χ2v) is 5.07. The zero-order chi connectivity index (χ0) is 13.1.